The number of carbonyl (C=O) groups excluding carboxylic acids is 2. The van der Waals surface area contributed by atoms with E-state index in [-0.39, 0.29) is 40.4 Å². The Bertz CT molecular complexity index is 1770. The lowest BCUT2D eigenvalue weighted by Gasteiger charge is -2.34. The van der Waals surface area contributed by atoms with E-state index in [9.17, 15) is 18.0 Å². The van der Waals surface area contributed by atoms with Crippen LogP contribution >= 0.6 is 34.8 Å². The molecule has 46 heavy (non-hydrogen) atoms. The second-order valence-electron chi connectivity index (χ2n) is 11.4. The maximum Gasteiger partial charge on any atom is 0.264 e. The highest BCUT2D eigenvalue weighted by Gasteiger charge is 2.34. The molecule has 1 atom stereocenters. The lowest BCUT2D eigenvalue weighted by molar-refractivity contribution is -0.140. The van der Waals surface area contributed by atoms with Crippen molar-refractivity contribution >= 4 is 62.3 Å². The predicted molar refractivity (Wildman–Crippen MR) is 186 cm³/mol. The molecular weight excluding hydrogens is 665 g/mol. The van der Waals surface area contributed by atoms with E-state index >= 15 is 0 Å². The van der Waals surface area contributed by atoms with Crippen LogP contribution in [0.25, 0.3) is 0 Å². The van der Waals surface area contributed by atoms with Crippen molar-refractivity contribution < 1.29 is 18.0 Å². The standard InChI is InChI=1S/C35H36Cl3N3O4S/c1-24(2)21-39-35(43)33(19-26-8-5-4-6-9-26)40(22-27-14-17-31(37)32(38)18-27)34(42)23-41(29-11-7-10-28(36)20-29)46(44,45)30-15-12-25(3)13-16-30/h4-18,20,24,33H,19,21-23H2,1-3H3,(H,39,43)/t33-/m0/s1. The van der Waals surface area contributed by atoms with E-state index in [1.165, 1.54) is 23.1 Å². The highest BCUT2D eigenvalue weighted by molar-refractivity contribution is 7.92. The molecule has 0 aliphatic carbocycles. The topological polar surface area (TPSA) is 86.8 Å². The predicted octanol–water partition coefficient (Wildman–Crippen LogP) is 7.56. The van der Waals surface area contributed by atoms with Gasteiger partial charge in [0.2, 0.25) is 11.8 Å². The molecule has 0 aliphatic heterocycles. The van der Waals surface area contributed by atoms with Crippen molar-refractivity contribution in [3.63, 3.8) is 0 Å². The van der Waals surface area contributed by atoms with Crippen molar-refractivity contribution in [3.05, 3.63) is 129 Å². The number of anilines is 1. The van der Waals surface area contributed by atoms with E-state index in [1.807, 2.05) is 51.1 Å². The van der Waals surface area contributed by atoms with Crippen molar-refractivity contribution in [2.75, 3.05) is 17.4 Å². The average Bonchev–Trinajstić information content (AvgIpc) is 3.02. The first-order valence-corrected chi connectivity index (χ1v) is 17.3. The molecule has 0 aliphatic rings. The molecule has 242 valence electrons. The Morgan fingerprint density at radius 3 is 2.13 bits per heavy atom. The molecule has 0 unspecified atom stereocenters. The third kappa shape index (κ3) is 9.26. The van der Waals surface area contributed by atoms with Crippen LogP contribution in [-0.4, -0.2) is 44.3 Å². The summed E-state index contributed by atoms with van der Waals surface area (Å²) in [5.74, 6) is -0.789. The number of aryl methyl sites for hydroxylation is 1. The summed E-state index contributed by atoms with van der Waals surface area (Å²) in [4.78, 5) is 29.8. The van der Waals surface area contributed by atoms with Gasteiger partial charge in [-0.2, -0.15) is 0 Å². The van der Waals surface area contributed by atoms with Gasteiger partial charge < -0.3 is 10.2 Å². The quantitative estimate of drug-likeness (QED) is 0.156. The number of nitrogens with zero attached hydrogens (tertiary/aromatic N) is 2. The Morgan fingerprint density at radius 2 is 1.50 bits per heavy atom. The Balaban J connectivity index is 1.81. The Labute approximate surface area is 286 Å². The zero-order chi connectivity index (χ0) is 33.4. The largest absolute Gasteiger partial charge is 0.354 e. The van der Waals surface area contributed by atoms with Gasteiger partial charge in [0.1, 0.15) is 12.6 Å². The van der Waals surface area contributed by atoms with Gasteiger partial charge >= 0.3 is 0 Å². The SMILES string of the molecule is Cc1ccc(S(=O)(=O)N(CC(=O)N(Cc2ccc(Cl)c(Cl)c2)[C@@H](Cc2ccccc2)C(=O)NCC(C)C)c2cccc(Cl)c2)cc1. The van der Waals surface area contributed by atoms with Crippen LogP contribution in [0.2, 0.25) is 15.1 Å². The first kappa shape index (κ1) is 35.3. The number of hydrogen-bond acceptors (Lipinski definition) is 4. The van der Waals surface area contributed by atoms with E-state index in [0.717, 1.165) is 15.4 Å². The number of amides is 2. The number of rotatable bonds is 13. The summed E-state index contributed by atoms with van der Waals surface area (Å²) in [7, 11) is -4.24. The van der Waals surface area contributed by atoms with Crippen LogP contribution in [0.5, 0.6) is 0 Å². The molecule has 0 saturated carbocycles. The van der Waals surface area contributed by atoms with E-state index in [0.29, 0.717) is 22.2 Å². The molecule has 0 bridgehead atoms. The van der Waals surface area contributed by atoms with Crippen LogP contribution in [0.3, 0.4) is 0 Å². The molecule has 0 spiro atoms. The number of carbonyl (C=O) groups is 2. The van der Waals surface area contributed by atoms with Gasteiger partial charge in [0, 0.05) is 24.5 Å². The lowest BCUT2D eigenvalue weighted by atomic mass is 10.0. The Morgan fingerprint density at radius 1 is 0.804 bits per heavy atom. The molecule has 11 heteroatoms. The van der Waals surface area contributed by atoms with E-state index < -0.39 is 28.5 Å². The highest BCUT2D eigenvalue weighted by Crippen LogP contribution is 2.28. The highest BCUT2D eigenvalue weighted by atomic mass is 35.5. The molecule has 0 fully saturated rings. The maximum atomic E-state index is 14.5. The van der Waals surface area contributed by atoms with Crippen molar-refractivity contribution in [1.82, 2.24) is 10.2 Å². The van der Waals surface area contributed by atoms with Crippen molar-refractivity contribution in [2.24, 2.45) is 5.92 Å². The minimum absolute atomic E-state index is 0.0115. The van der Waals surface area contributed by atoms with Gasteiger partial charge in [-0.15, -0.1) is 0 Å². The molecule has 4 rings (SSSR count). The van der Waals surface area contributed by atoms with Gasteiger partial charge in [0.05, 0.1) is 20.6 Å². The Hall–Kier alpha value is -3.56. The number of halogens is 3. The maximum absolute atomic E-state index is 14.5. The zero-order valence-corrected chi connectivity index (χ0v) is 28.9. The molecule has 0 radical (unpaired) electrons. The van der Waals surface area contributed by atoms with Crippen LogP contribution in [-0.2, 0) is 32.6 Å². The van der Waals surface area contributed by atoms with Gasteiger partial charge in [-0.25, -0.2) is 8.42 Å². The number of nitrogens with one attached hydrogen (secondary N) is 1. The van der Waals surface area contributed by atoms with E-state index in [4.69, 9.17) is 34.8 Å². The van der Waals surface area contributed by atoms with E-state index in [2.05, 4.69) is 5.32 Å². The minimum Gasteiger partial charge on any atom is -0.354 e. The van der Waals surface area contributed by atoms with Gasteiger partial charge in [-0.3, -0.25) is 13.9 Å². The van der Waals surface area contributed by atoms with Gasteiger partial charge in [0.15, 0.2) is 0 Å². The fraction of sp³-hybridized carbons (Fsp3) is 0.257. The number of benzene rings is 4. The summed E-state index contributed by atoms with van der Waals surface area (Å²) in [6.07, 6.45) is 0.194. The molecule has 1 N–H and O–H groups in total. The summed E-state index contributed by atoms with van der Waals surface area (Å²) in [5, 5.41) is 3.90. The first-order valence-electron chi connectivity index (χ1n) is 14.7. The van der Waals surface area contributed by atoms with Crippen molar-refractivity contribution in [1.29, 1.82) is 0 Å². The fourth-order valence-electron chi connectivity index (χ4n) is 4.81. The fourth-order valence-corrected chi connectivity index (χ4v) is 6.72. The summed E-state index contributed by atoms with van der Waals surface area (Å²) >= 11 is 18.8. The zero-order valence-electron chi connectivity index (χ0n) is 25.8. The summed E-state index contributed by atoms with van der Waals surface area (Å²) in [5.41, 5.74) is 2.54. The molecular formula is C35H36Cl3N3O4S. The van der Waals surface area contributed by atoms with Crippen LogP contribution in [0.15, 0.2) is 102 Å². The molecule has 2 amide bonds. The summed E-state index contributed by atoms with van der Waals surface area (Å²) < 4.78 is 29.3. The molecule has 4 aromatic carbocycles. The minimum atomic E-state index is -4.24. The van der Waals surface area contributed by atoms with Crippen LogP contribution in [0, 0.1) is 12.8 Å². The monoisotopic (exact) mass is 699 g/mol. The normalized spacial score (nSPS) is 12.1. The third-order valence-electron chi connectivity index (χ3n) is 7.28. The molecule has 0 saturated heterocycles. The number of sulfonamides is 1. The molecule has 4 aromatic rings. The molecule has 0 heterocycles. The van der Waals surface area contributed by atoms with Crippen LogP contribution in [0.1, 0.15) is 30.5 Å². The molecule has 7 nitrogen and oxygen atoms in total. The van der Waals surface area contributed by atoms with Crippen molar-refractivity contribution in [2.45, 2.75) is 44.7 Å². The van der Waals surface area contributed by atoms with Crippen LogP contribution < -0.4 is 9.62 Å². The average molecular weight is 701 g/mol. The Kier molecular flexibility index (Phi) is 12.1. The second-order valence-corrected chi connectivity index (χ2v) is 14.5. The lowest BCUT2D eigenvalue weighted by Crippen LogP contribution is -2.53. The van der Waals surface area contributed by atoms with Crippen LogP contribution in [0.4, 0.5) is 5.69 Å². The van der Waals surface area contributed by atoms with Crippen molar-refractivity contribution in [3.8, 4) is 0 Å². The van der Waals surface area contributed by atoms with Gasteiger partial charge in [0.25, 0.3) is 10.0 Å². The smallest absolute Gasteiger partial charge is 0.264 e. The third-order valence-corrected chi connectivity index (χ3v) is 10.0. The van der Waals surface area contributed by atoms with E-state index in [1.54, 1.807) is 48.5 Å². The molecule has 0 aromatic heterocycles. The number of hydrogen-bond donors (Lipinski definition) is 1. The first-order chi connectivity index (χ1) is 21.8. The van der Waals surface area contributed by atoms with Gasteiger partial charge in [-0.05, 0) is 66.4 Å². The summed E-state index contributed by atoms with van der Waals surface area (Å²) in [6.45, 7) is 5.58. The van der Waals surface area contributed by atoms with Gasteiger partial charge in [-0.1, -0.05) is 109 Å². The summed E-state index contributed by atoms with van der Waals surface area (Å²) in [6, 6.07) is 26.0. The second kappa shape index (κ2) is 15.8.